The van der Waals surface area contributed by atoms with Gasteiger partial charge >= 0.3 is 0 Å². The molecule has 3 N–H and O–H groups in total. The molecule has 0 saturated heterocycles. The molecule has 2 aromatic carbocycles. The van der Waals surface area contributed by atoms with Crippen LogP contribution < -0.4 is 20.5 Å². The first-order valence-electron chi connectivity index (χ1n) is 8.71. The van der Waals surface area contributed by atoms with Crippen molar-refractivity contribution < 1.29 is 19.1 Å². The predicted molar refractivity (Wildman–Crippen MR) is 118 cm³/mol. The first-order chi connectivity index (χ1) is 13.8. The van der Waals surface area contributed by atoms with Gasteiger partial charge in [0.05, 0.1) is 10.2 Å². The lowest BCUT2D eigenvalue weighted by Crippen LogP contribution is -2.20. The summed E-state index contributed by atoms with van der Waals surface area (Å²) in [5.41, 5.74) is 7.26. The summed E-state index contributed by atoms with van der Waals surface area (Å²) in [5, 5.41) is 12.2. The van der Waals surface area contributed by atoms with Crippen LogP contribution in [-0.2, 0) is 9.59 Å². The number of carbonyl (C=O) groups is 2. The average molecular weight is 505 g/mol. The Morgan fingerprint density at radius 1 is 1.28 bits per heavy atom. The Morgan fingerprint density at radius 3 is 2.66 bits per heavy atom. The molecule has 2 rings (SSSR count). The van der Waals surface area contributed by atoms with Gasteiger partial charge < -0.3 is 20.5 Å². The van der Waals surface area contributed by atoms with Crippen molar-refractivity contribution in [2.75, 3.05) is 18.5 Å². The molecule has 8 heteroatoms. The molecule has 0 bridgehead atoms. The number of hydrogen-bond donors (Lipinski definition) is 2. The number of halogens is 1. The maximum absolute atomic E-state index is 12.5. The highest BCUT2D eigenvalue weighted by Gasteiger charge is 2.15. The maximum atomic E-state index is 12.5. The zero-order valence-electron chi connectivity index (χ0n) is 16.0. The first-order valence-corrected chi connectivity index (χ1v) is 9.79. The van der Waals surface area contributed by atoms with Crippen molar-refractivity contribution in [2.45, 2.75) is 13.8 Å². The summed E-state index contributed by atoms with van der Waals surface area (Å²) in [6, 6.07) is 12.6. The van der Waals surface area contributed by atoms with E-state index in [1.165, 1.54) is 6.08 Å². The second-order valence-corrected chi connectivity index (χ2v) is 7.17. The zero-order valence-corrected chi connectivity index (χ0v) is 18.1. The SMILES string of the molecule is CCOc1cc(/C=C(\C#N)C(=O)Nc2cccc(C)c2)cc(I)c1OCC(N)=O. The van der Waals surface area contributed by atoms with Crippen molar-refractivity contribution in [3.63, 3.8) is 0 Å². The number of nitrogens with one attached hydrogen (secondary N) is 1. The normalized spacial score (nSPS) is 10.8. The summed E-state index contributed by atoms with van der Waals surface area (Å²) in [4.78, 5) is 23.5. The van der Waals surface area contributed by atoms with Crippen molar-refractivity contribution >= 4 is 46.2 Å². The monoisotopic (exact) mass is 505 g/mol. The fraction of sp³-hybridized carbons (Fsp3) is 0.190. The van der Waals surface area contributed by atoms with Gasteiger partial charge in [-0.1, -0.05) is 12.1 Å². The standard InChI is InChI=1S/C21H20IN3O4/c1-3-28-18-10-14(9-17(22)20(18)29-12-19(24)26)8-15(11-23)21(27)25-16-6-4-5-13(2)7-16/h4-10H,3,12H2,1-2H3,(H2,24,26)(H,25,27)/b15-8+. The van der Waals surface area contributed by atoms with Gasteiger partial charge in [0.15, 0.2) is 18.1 Å². The molecule has 0 fully saturated rings. The van der Waals surface area contributed by atoms with Crippen LogP contribution in [0.3, 0.4) is 0 Å². The van der Waals surface area contributed by atoms with Gasteiger partial charge in [0.2, 0.25) is 0 Å². The number of nitriles is 1. The molecular formula is C21H20IN3O4. The highest BCUT2D eigenvalue weighted by Crippen LogP contribution is 2.35. The second-order valence-electron chi connectivity index (χ2n) is 6.01. The van der Waals surface area contributed by atoms with Crippen molar-refractivity contribution in [3.05, 3.63) is 56.7 Å². The Kier molecular flexibility index (Phi) is 8.03. The molecule has 0 aromatic heterocycles. The van der Waals surface area contributed by atoms with E-state index in [1.54, 1.807) is 18.2 Å². The number of ether oxygens (including phenoxy) is 2. The number of hydrogen-bond acceptors (Lipinski definition) is 5. The smallest absolute Gasteiger partial charge is 0.266 e. The lowest BCUT2D eigenvalue weighted by molar-refractivity contribution is -0.120. The molecule has 7 nitrogen and oxygen atoms in total. The Labute approximate surface area is 182 Å². The Hall–Kier alpha value is -3.06. The molecule has 0 spiro atoms. The van der Waals surface area contributed by atoms with Crippen molar-refractivity contribution in [2.24, 2.45) is 5.73 Å². The minimum atomic E-state index is -0.605. The van der Waals surface area contributed by atoms with Crippen LogP contribution in [-0.4, -0.2) is 25.0 Å². The first kappa shape index (κ1) is 22.2. The number of aryl methyl sites for hydroxylation is 1. The summed E-state index contributed by atoms with van der Waals surface area (Å²) >= 11 is 2.03. The highest BCUT2D eigenvalue weighted by molar-refractivity contribution is 14.1. The van der Waals surface area contributed by atoms with E-state index in [2.05, 4.69) is 5.32 Å². The molecule has 0 aliphatic heterocycles. The number of anilines is 1. The van der Waals surface area contributed by atoms with Crippen LogP contribution in [0.2, 0.25) is 0 Å². The van der Waals surface area contributed by atoms with E-state index in [0.717, 1.165) is 5.56 Å². The van der Waals surface area contributed by atoms with E-state index in [4.69, 9.17) is 15.2 Å². The minimum Gasteiger partial charge on any atom is -0.490 e. The quantitative estimate of drug-likeness (QED) is 0.324. The molecule has 150 valence electrons. The fourth-order valence-corrected chi connectivity index (χ4v) is 3.24. The number of rotatable bonds is 8. The van der Waals surface area contributed by atoms with Gasteiger partial charge in [-0.3, -0.25) is 9.59 Å². The number of benzene rings is 2. The predicted octanol–water partition coefficient (Wildman–Crippen LogP) is 3.41. The van der Waals surface area contributed by atoms with Crippen molar-refractivity contribution in [3.8, 4) is 17.6 Å². The summed E-state index contributed by atoms with van der Waals surface area (Å²) in [6.45, 7) is 3.81. The molecule has 29 heavy (non-hydrogen) atoms. The molecular weight excluding hydrogens is 485 g/mol. The highest BCUT2D eigenvalue weighted by atomic mass is 127. The van der Waals surface area contributed by atoms with Crippen LogP contribution in [0.25, 0.3) is 6.08 Å². The van der Waals surface area contributed by atoms with Crippen LogP contribution in [0.5, 0.6) is 11.5 Å². The lowest BCUT2D eigenvalue weighted by atomic mass is 10.1. The molecule has 2 amide bonds. The largest absolute Gasteiger partial charge is 0.490 e. The third-order valence-electron chi connectivity index (χ3n) is 3.64. The maximum Gasteiger partial charge on any atom is 0.266 e. The lowest BCUT2D eigenvalue weighted by Gasteiger charge is -2.14. The third-order valence-corrected chi connectivity index (χ3v) is 4.44. The fourth-order valence-electron chi connectivity index (χ4n) is 2.45. The molecule has 0 unspecified atom stereocenters. The van der Waals surface area contributed by atoms with Crippen molar-refractivity contribution in [1.29, 1.82) is 5.26 Å². The minimum absolute atomic E-state index is 0.0597. The van der Waals surface area contributed by atoms with E-state index in [9.17, 15) is 14.9 Å². The molecule has 0 heterocycles. The van der Waals surface area contributed by atoms with E-state index >= 15 is 0 Å². The van der Waals surface area contributed by atoms with Crippen LogP contribution in [0.15, 0.2) is 42.0 Å². The van der Waals surface area contributed by atoms with Crippen molar-refractivity contribution in [1.82, 2.24) is 0 Å². The summed E-state index contributed by atoms with van der Waals surface area (Å²) in [6.07, 6.45) is 1.47. The number of primary amides is 1. The summed E-state index contributed by atoms with van der Waals surface area (Å²) in [7, 11) is 0. The van der Waals surface area contributed by atoms with E-state index < -0.39 is 11.8 Å². The number of nitrogens with two attached hydrogens (primary N) is 1. The molecule has 2 aromatic rings. The van der Waals surface area contributed by atoms with Crippen LogP contribution in [0.1, 0.15) is 18.1 Å². The molecule has 0 aliphatic rings. The summed E-state index contributed by atoms with van der Waals surface area (Å²) in [5.74, 6) is -0.346. The van der Waals surface area contributed by atoms with Gasteiger partial charge in [-0.05, 0) is 77.9 Å². The van der Waals surface area contributed by atoms with E-state index in [-0.39, 0.29) is 12.2 Å². The van der Waals surface area contributed by atoms with E-state index in [1.807, 2.05) is 60.7 Å². The van der Waals surface area contributed by atoms with Gasteiger partial charge in [0, 0.05) is 5.69 Å². The zero-order chi connectivity index (χ0) is 21.4. The average Bonchev–Trinajstić information content (AvgIpc) is 2.65. The number of nitrogens with zero attached hydrogens (tertiary/aromatic N) is 1. The van der Waals surface area contributed by atoms with Gasteiger partial charge in [0.1, 0.15) is 11.6 Å². The van der Waals surface area contributed by atoms with Gasteiger partial charge in [0.25, 0.3) is 11.8 Å². The topological polar surface area (TPSA) is 114 Å². The van der Waals surface area contributed by atoms with Crippen LogP contribution in [0, 0.1) is 21.8 Å². The number of amides is 2. The number of carbonyl (C=O) groups excluding carboxylic acids is 2. The van der Waals surface area contributed by atoms with Crippen LogP contribution in [0.4, 0.5) is 5.69 Å². The van der Waals surface area contributed by atoms with E-state index in [0.29, 0.717) is 32.9 Å². The molecule has 0 aliphatic carbocycles. The third kappa shape index (κ3) is 6.50. The molecule has 0 saturated carbocycles. The Balaban J connectivity index is 2.33. The second kappa shape index (κ2) is 10.5. The molecule has 0 radical (unpaired) electrons. The van der Waals surface area contributed by atoms with Gasteiger partial charge in [-0.25, -0.2) is 0 Å². The Morgan fingerprint density at radius 2 is 2.03 bits per heavy atom. The Bertz CT molecular complexity index is 996. The van der Waals surface area contributed by atoms with Crippen LogP contribution >= 0.6 is 22.6 Å². The van der Waals surface area contributed by atoms with Gasteiger partial charge in [-0.15, -0.1) is 0 Å². The summed E-state index contributed by atoms with van der Waals surface area (Å²) < 4.78 is 11.7. The molecule has 0 atom stereocenters. The van der Waals surface area contributed by atoms with Gasteiger partial charge in [-0.2, -0.15) is 5.26 Å².